The summed E-state index contributed by atoms with van der Waals surface area (Å²) in [5.41, 5.74) is 10.9. The predicted molar refractivity (Wildman–Crippen MR) is 124 cm³/mol. The largest absolute Gasteiger partial charge is 0.497 e. The SMILES string of the molecule is COc1ccc(C2=NNC(c3cc(-c4ccc(C)cc4)n(-c4ccccc4)n3)C2)cc1. The first-order valence-corrected chi connectivity index (χ1v) is 10.4. The minimum atomic E-state index is 0.0336. The molecule has 0 bridgehead atoms. The first kappa shape index (κ1) is 19.1. The Morgan fingerprint density at radius 3 is 2.32 bits per heavy atom. The fourth-order valence-corrected chi connectivity index (χ4v) is 3.84. The van der Waals surface area contributed by atoms with Crippen LogP contribution in [0, 0.1) is 6.92 Å². The molecular formula is C26H24N4O. The van der Waals surface area contributed by atoms with Gasteiger partial charge < -0.3 is 10.2 Å². The number of nitrogens with zero attached hydrogens (tertiary/aromatic N) is 3. The molecule has 5 heteroatoms. The molecule has 31 heavy (non-hydrogen) atoms. The molecular weight excluding hydrogens is 384 g/mol. The van der Waals surface area contributed by atoms with Gasteiger partial charge in [0.1, 0.15) is 5.75 Å². The molecule has 0 radical (unpaired) electrons. The number of hydrogen-bond donors (Lipinski definition) is 1. The average Bonchev–Trinajstić information content (AvgIpc) is 3.48. The van der Waals surface area contributed by atoms with Crippen molar-refractivity contribution in [1.29, 1.82) is 0 Å². The van der Waals surface area contributed by atoms with E-state index in [4.69, 9.17) is 9.84 Å². The molecule has 2 heterocycles. The van der Waals surface area contributed by atoms with Gasteiger partial charge in [0.05, 0.1) is 35.9 Å². The molecule has 1 aliphatic rings. The molecule has 5 rings (SSSR count). The van der Waals surface area contributed by atoms with E-state index < -0.39 is 0 Å². The number of ether oxygens (including phenoxy) is 1. The number of hydrogen-bond acceptors (Lipinski definition) is 4. The van der Waals surface area contributed by atoms with Crippen LogP contribution in [0.15, 0.2) is 90.0 Å². The number of benzene rings is 3. The van der Waals surface area contributed by atoms with Crippen molar-refractivity contribution >= 4 is 5.71 Å². The van der Waals surface area contributed by atoms with Crippen molar-refractivity contribution in [1.82, 2.24) is 15.2 Å². The van der Waals surface area contributed by atoms with Gasteiger partial charge in [-0.3, -0.25) is 0 Å². The first-order chi connectivity index (χ1) is 15.2. The van der Waals surface area contributed by atoms with Crippen molar-refractivity contribution in [3.05, 3.63) is 102 Å². The Balaban J connectivity index is 1.47. The molecule has 5 nitrogen and oxygen atoms in total. The Morgan fingerprint density at radius 2 is 1.61 bits per heavy atom. The van der Waals surface area contributed by atoms with Gasteiger partial charge >= 0.3 is 0 Å². The Labute approximate surface area is 182 Å². The van der Waals surface area contributed by atoms with E-state index in [0.29, 0.717) is 0 Å². The van der Waals surface area contributed by atoms with Gasteiger partial charge in [0, 0.05) is 12.0 Å². The molecule has 0 saturated carbocycles. The molecule has 1 aliphatic heterocycles. The van der Waals surface area contributed by atoms with Gasteiger partial charge in [0.2, 0.25) is 0 Å². The molecule has 0 saturated heterocycles. The number of methoxy groups -OCH3 is 1. The highest BCUT2D eigenvalue weighted by molar-refractivity contribution is 6.01. The molecule has 0 spiro atoms. The number of nitrogens with one attached hydrogen (secondary N) is 1. The maximum Gasteiger partial charge on any atom is 0.118 e. The zero-order valence-corrected chi connectivity index (χ0v) is 17.6. The molecule has 1 N–H and O–H groups in total. The average molecular weight is 409 g/mol. The topological polar surface area (TPSA) is 51.4 Å². The van der Waals surface area contributed by atoms with Gasteiger partial charge in [-0.2, -0.15) is 10.2 Å². The number of rotatable bonds is 5. The normalized spacial score (nSPS) is 15.4. The summed E-state index contributed by atoms with van der Waals surface area (Å²) in [5.74, 6) is 0.844. The van der Waals surface area contributed by atoms with Crippen molar-refractivity contribution in [3.63, 3.8) is 0 Å². The molecule has 1 atom stereocenters. The number of hydrazone groups is 1. The van der Waals surface area contributed by atoms with Crippen LogP contribution in [0.25, 0.3) is 16.9 Å². The summed E-state index contributed by atoms with van der Waals surface area (Å²) in [4.78, 5) is 0. The molecule has 4 aromatic rings. The summed E-state index contributed by atoms with van der Waals surface area (Å²) in [5, 5.41) is 9.57. The van der Waals surface area contributed by atoms with Gasteiger partial charge in [0.15, 0.2) is 0 Å². The molecule has 0 amide bonds. The molecule has 1 unspecified atom stereocenters. The summed E-state index contributed by atoms with van der Waals surface area (Å²) in [6, 6.07) is 29.0. The van der Waals surface area contributed by atoms with E-state index >= 15 is 0 Å². The van der Waals surface area contributed by atoms with Crippen molar-refractivity contribution < 1.29 is 4.74 Å². The summed E-state index contributed by atoms with van der Waals surface area (Å²) in [7, 11) is 1.67. The highest BCUT2D eigenvalue weighted by Gasteiger charge is 2.25. The van der Waals surface area contributed by atoms with Crippen LogP contribution in [-0.2, 0) is 0 Å². The fraction of sp³-hybridized carbons (Fsp3) is 0.154. The van der Waals surface area contributed by atoms with Crippen LogP contribution < -0.4 is 10.2 Å². The number of aromatic nitrogens is 2. The van der Waals surface area contributed by atoms with Crippen LogP contribution in [0.5, 0.6) is 5.75 Å². The van der Waals surface area contributed by atoms with Crippen molar-refractivity contribution in [2.24, 2.45) is 5.10 Å². The third-order valence-corrected chi connectivity index (χ3v) is 5.61. The van der Waals surface area contributed by atoms with Crippen molar-refractivity contribution in [2.75, 3.05) is 7.11 Å². The minimum Gasteiger partial charge on any atom is -0.497 e. The maximum absolute atomic E-state index is 5.26. The number of para-hydroxylation sites is 1. The minimum absolute atomic E-state index is 0.0336. The zero-order chi connectivity index (χ0) is 21.2. The molecule has 1 aromatic heterocycles. The smallest absolute Gasteiger partial charge is 0.118 e. The highest BCUT2D eigenvalue weighted by Crippen LogP contribution is 2.30. The van der Waals surface area contributed by atoms with Crippen molar-refractivity contribution in [2.45, 2.75) is 19.4 Å². The predicted octanol–water partition coefficient (Wildman–Crippen LogP) is 5.30. The Kier molecular flexibility index (Phi) is 5.00. The third kappa shape index (κ3) is 3.82. The van der Waals surface area contributed by atoms with E-state index in [-0.39, 0.29) is 6.04 Å². The van der Waals surface area contributed by atoms with Crippen LogP contribution in [-0.4, -0.2) is 22.6 Å². The van der Waals surface area contributed by atoms with Gasteiger partial charge in [0.25, 0.3) is 0 Å². The lowest BCUT2D eigenvalue weighted by atomic mass is 10.0. The molecule has 154 valence electrons. The number of aryl methyl sites for hydroxylation is 1. The lowest BCUT2D eigenvalue weighted by molar-refractivity contribution is 0.415. The Hall–Kier alpha value is -3.86. The fourth-order valence-electron chi connectivity index (χ4n) is 3.84. The van der Waals surface area contributed by atoms with Gasteiger partial charge in [-0.05, 0) is 55.0 Å². The lowest BCUT2D eigenvalue weighted by Gasteiger charge is -2.08. The van der Waals surface area contributed by atoms with E-state index in [1.165, 1.54) is 5.56 Å². The molecule has 0 aliphatic carbocycles. The molecule has 0 fully saturated rings. The van der Waals surface area contributed by atoms with E-state index in [9.17, 15) is 0 Å². The van der Waals surface area contributed by atoms with Gasteiger partial charge in [-0.15, -0.1) is 0 Å². The zero-order valence-electron chi connectivity index (χ0n) is 17.6. The van der Waals surface area contributed by atoms with Crippen molar-refractivity contribution in [3.8, 4) is 22.7 Å². The van der Waals surface area contributed by atoms with Gasteiger partial charge in [-0.1, -0.05) is 48.0 Å². The van der Waals surface area contributed by atoms with E-state index in [1.54, 1.807) is 7.11 Å². The van der Waals surface area contributed by atoms with E-state index in [1.807, 2.05) is 47.1 Å². The van der Waals surface area contributed by atoms with E-state index in [0.717, 1.165) is 46.1 Å². The summed E-state index contributed by atoms with van der Waals surface area (Å²) in [6.45, 7) is 2.10. The van der Waals surface area contributed by atoms with Crippen LogP contribution >= 0.6 is 0 Å². The van der Waals surface area contributed by atoms with Crippen LogP contribution in [0.1, 0.15) is 29.3 Å². The second-order valence-corrected chi connectivity index (χ2v) is 7.74. The Bertz CT molecular complexity index is 1210. The highest BCUT2D eigenvalue weighted by atomic mass is 16.5. The first-order valence-electron chi connectivity index (χ1n) is 10.4. The Morgan fingerprint density at radius 1 is 0.903 bits per heavy atom. The monoisotopic (exact) mass is 408 g/mol. The summed E-state index contributed by atoms with van der Waals surface area (Å²) >= 11 is 0. The summed E-state index contributed by atoms with van der Waals surface area (Å²) < 4.78 is 7.28. The van der Waals surface area contributed by atoms with Gasteiger partial charge in [-0.25, -0.2) is 4.68 Å². The second kappa shape index (κ2) is 8.11. The van der Waals surface area contributed by atoms with Crippen LogP contribution in [0.3, 0.4) is 0 Å². The summed E-state index contributed by atoms with van der Waals surface area (Å²) in [6.07, 6.45) is 0.783. The van der Waals surface area contributed by atoms with Crippen LogP contribution in [0.2, 0.25) is 0 Å². The third-order valence-electron chi connectivity index (χ3n) is 5.61. The maximum atomic E-state index is 5.26. The lowest BCUT2D eigenvalue weighted by Crippen LogP contribution is -2.11. The standard InChI is InChI=1S/C26H24N4O/c1-18-8-10-20(11-9-18)26-17-25(29-30(26)21-6-4-3-5-7-21)24-16-23(27-28-24)19-12-14-22(31-2)15-13-19/h3-15,17,24,28H,16H2,1-2H3. The molecule has 3 aromatic carbocycles. The second-order valence-electron chi connectivity index (χ2n) is 7.74. The van der Waals surface area contributed by atoms with Crippen LogP contribution in [0.4, 0.5) is 0 Å². The quantitative estimate of drug-likeness (QED) is 0.488. The van der Waals surface area contributed by atoms with E-state index in [2.05, 4.69) is 59.9 Å².